The van der Waals surface area contributed by atoms with Crippen LogP contribution in [0.4, 0.5) is 5.82 Å². The maximum Gasteiger partial charge on any atom is 0.339 e. The number of carboxylic acid groups (broad SMARTS) is 1. The SMILES string of the molecule is CCOC(C)CNc1ncccc1C(=O)O. The van der Waals surface area contributed by atoms with Crippen LogP contribution >= 0.6 is 0 Å². The summed E-state index contributed by atoms with van der Waals surface area (Å²) in [6.07, 6.45) is 1.58. The smallest absolute Gasteiger partial charge is 0.339 e. The molecule has 88 valence electrons. The van der Waals surface area contributed by atoms with Gasteiger partial charge in [-0.2, -0.15) is 0 Å². The quantitative estimate of drug-likeness (QED) is 0.768. The number of aromatic nitrogens is 1. The highest BCUT2D eigenvalue weighted by Crippen LogP contribution is 2.11. The molecule has 0 aliphatic carbocycles. The molecule has 1 aromatic heterocycles. The predicted molar refractivity (Wildman–Crippen MR) is 60.8 cm³/mol. The summed E-state index contributed by atoms with van der Waals surface area (Å²) in [6, 6.07) is 3.11. The summed E-state index contributed by atoms with van der Waals surface area (Å²) in [7, 11) is 0. The van der Waals surface area contributed by atoms with Crippen LogP contribution in [0, 0.1) is 0 Å². The highest BCUT2D eigenvalue weighted by Gasteiger charge is 2.10. The van der Waals surface area contributed by atoms with Gasteiger partial charge in [0.05, 0.1) is 6.10 Å². The van der Waals surface area contributed by atoms with E-state index in [0.29, 0.717) is 19.0 Å². The Bertz CT molecular complexity index is 355. The molecule has 5 heteroatoms. The second-order valence-electron chi connectivity index (χ2n) is 3.35. The van der Waals surface area contributed by atoms with E-state index >= 15 is 0 Å². The van der Waals surface area contributed by atoms with Crippen molar-refractivity contribution >= 4 is 11.8 Å². The predicted octanol–water partition coefficient (Wildman–Crippen LogP) is 1.62. The van der Waals surface area contributed by atoms with E-state index in [1.807, 2.05) is 13.8 Å². The second kappa shape index (κ2) is 6.07. The van der Waals surface area contributed by atoms with Crippen molar-refractivity contribution in [3.05, 3.63) is 23.9 Å². The second-order valence-corrected chi connectivity index (χ2v) is 3.35. The average molecular weight is 224 g/mol. The van der Waals surface area contributed by atoms with Gasteiger partial charge in [0.2, 0.25) is 0 Å². The lowest BCUT2D eigenvalue weighted by molar-refractivity contribution is 0.0696. The van der Waals surface area contributed by atoms with Crippen LogP contribution in [-0.2, 0) is 4.74 Å². The number of anilines is 1. The molecular weight excluding hydrogens is 208 g/mol. The Labute approximate surface area is 94.5 Å². The summed E-state index contributed by atoms with van der Waals surface area (Å²) in [4.78, 5) is 14.9. The van der Waals surface area contributed by atoms with E-state index < -0.39 is 5.97 Å². The highest BCUT2D eigenvalue weighted by atomic mass is 16.5. The molecular formula is C11H16N2O3. The monoisotopic (exact) mass is 224 g/mol. The number of nitrogens with one attached hydrogen (secondary N) is 1. The lowest BCUT2D eigenvalue weighted by Crippen LogP contribution is -2.21. The first kappa shape index (κ1) is 12.4. The number of carbonyl (C=O) groups is 1. The van der Waals surface area contributed by atoms with Crippen LogP contribution in [0.3, 0.4) is 0 Å². The number of rotatable bonds is 6. The van der Waals surface area contributed by atoms with Crippen LogP contribution in [-0.4, -0.2) is 35.3 Å². The molecule has 1 atom stereocenters. The normalized spacial score (nSPS) is 12.1. The van der Waals surface area contributed by atoms with Crippen LogP contribution in [0.15, 0.2) is 18.3 Å². The van der Waals surface area contributed by atoms with E-state index in [0.717, 1.165) is 0 Å². The molecule has 0 aliphatic heterocycles. The fraction of sp³-hybridized carbons (Fsp3) is 0.455. The van der Waals surface area contributed by atoms with Crippen molar-refractivity contribution in [3.8, 4) is 0 Å². The van der Waals surface area contributed by atoms with Gasteiger partial charge in [-0.25, -0.2) is 9.78 Å². The molecule has 0 amide bonds. The Morgan fingerprint density at radius 3 is 3.06 bits per heavy atom. The van der Waals surface area contributed by atoms with Gasteiger partial charge in [0.1, 0.15) is 11.4 Å². The third-order valence-electron chi connectivity index (χ3n) is 2.05. The number of ether oxygens (including phenoxy) is 1. The van der Waals surface area contributed by atoms with Gasteiger partial charge < -0.3 is 15.2 Å². The molecule has 0 spiro atoms. The van der Waals surface area contributed by atoms with Crippen molar-refractivity contribution in [1.29, 1.82) is 0 Å². The van der Waals surface area contributed by atoms with E-state index in [4.69, 9.17) is 9.84 Å². The number of aromatic carboxylic acids is 1. The number of carboxylic acids is 1. The van der Waals surface area contributed by atoms with Crippen LogP contribution in [0.2, 0.25) is 0 Å². The topological polar surface area (TPSA) is 71.5 Å². The Hall–Kier alpha value is -1.62. The summed E-state index contributed by atoms with van der Waals surface area (Å²) in [5.41, 5.74) is 0.172. The maximum atomic E-state index is 10.9. The lowest BCUT2D eigenvalue weighted by Gasteiger charge is -2.13. The number of hydrogen-bond acceptors (Lipinski definition) is 4. The van der Waals surface area contributed by atoms with Crippen LogP contribution in [0.5, 0.6) is 0 Å². The summed E-state index contributed by atoms with van der Waals surface area (Å²) in [5, 5.41) is 11.9. The van der Waals surface area contributed by atoms with Crippen LogP contribution in [0.25, 0.3) is 0 Å². The molecule has 1 heterocycles. The lowest BCUT2D eigenvalue weighted by atomic mass is 10.2. The first-order valence-corrected chi connectivity index (χ1v) is 5.19. The average Bonchev–Trinajstić information content (AvgIpc) is 2.27. The number of pyridine rings is 1. The van der Waals surface area contributed by atoms with E-state index in [1.165, 1.54) is 6.07 Å². The molecule has 0 aliphatic rings. The van der Waals surface area contributed by atoms with Crippen molar-refractivity contribution in [3.63, 3.8) is 0 Å². The van der Waals surface area contributed by atoms with E-state index in [9.17, 15) is 4.79 Å². The largest absolute Gasteiger partial charge is 0.478 e. The summed E-state index contributed by atoms with van der Waals surface area (Å²) >= 11 is 0. The van der Waals surface area contributed by atoms with Gasteiger partial charge in [-0.1, -0.05) is 0 Å². The zero-order valence-corrected chi connectivity index (χ0v) is 9.43. The van der Waals surface area contributed by atoms with Crippen molar-refractivity contribution in [2.75, 3.05) is 18.5 Å². The van der Waals surface area contributed by atoms with Gasteiger partial charge in [-0.3, -0.25) is 0 Å². The molecule has 5 nitrogen and oxygen atoms in total. The molecule has 1 rings (SSSR count). The molecule has 16 heavy (non-hydrogen) atoms. The maximum absolute atomic E-state index is 10.9. The van der Waals surface area contributed by atoms with E-state index in [1.54, 1.807) is 12.3 Å². The Kier molecular flexibility index (Phi) is 4.72. The molecule has 0 saturated carbocycles. The first-order chi connectivity index (χ1) is 7.65. The van der Waals surface area contributed by atoms with E-state index in [-0.39, 0.29) is 11.7 Å². The fourth-order valence-corrected chi connectivity index (χ4v) is 1.30. The van der Waals surface area contributed by atoms with Crippen molar-refractivity contribution < 1.29 is 14.6 Å². The third kappa shape index (κ3) is 3.51. The Balaban J connectivity index is 2.63. The molecule has 0 fully saturated rings. The standard InChI is InChI=1S/C11H16N2O3/c1-3-16-8(2)7-13-10-9(11(14)15)5-4-6-12-10/h4-6,8H,3,7H2,1-2H3,(H,12,13)(H,14,15). The first-order valence-electron chi connectivity index (χ1n) is 5.19. The summed E-state index contributed by atoms with van der Waals surface area (Å²) in [6.45, 7) is 5.00. The fourth-order valence-electron chi connectivity index (χ4n) is 1.30. The summed E-state index contributed by atoms with van der Waals surface area (Å²) < 4.78 is 5.33. The zero-order valence-electron chi connectivity index (χ0n) is 9.43. The minimum Gasteiger partial charge on any atom is -0.478 e. The van der Waals surface area contributed by atoms with Gasteiger partial charge in [0.25, 0.3) is 0 Å². The zero-order chi connectivity index (χ0) is 12.0. The minimum atomic E-state index is -0.986. The van der Waals surface area contributed by atoms with Gasteiger partial charge in [-0.15, -0.1) is 0 Å². The van der Waals surface area contributed by atoms with Gasteiger partial charge in [-0.05, 0) is 26.0 Å². The highest BCUT2D eigenvalue weighted by molar-refractivity contribution is 5.92. The number of hydrogen-bond donors (Lipinski definition) is 2. The molecule has 0 aromatic carbocycles. The Morgan fingerprint density at radius 2 is 2.44 bits per heavy atom. The molecule has 1 aromatic rings. The molecule has 2 N–H and O–H groups in total. The minimum absolute atomic E-state index is 0.0219. The number of nitrogens with zero attached hydrogens (tertiary/aromatic N) is 1. The molecule has 1 unspecified atom stereocenters. The molecule has 0 bridgehead atoms. The Morgan fingerprint density at radius 1 is 1.69 bits per heavy atom. The van der Waals surface area contributed by atoms with Crippen LogP contribution in [0.1, 0.15) is 24.2 Å². The van der Waals surface area contributed by atoms with Gasteiger partial charge in [0, 0.05) is 19.3 Å². The van der Waals surface area contributed by atoms with Crippen LogP contribution < -0.4 is 5.32 Å². The molecule has 0 saturated heterocycles. The van der Waals surface area contributed by atoms with Crippen molar-refractivity contribution in [2.45, 2.75) is 20.0 Å². The summed E-state index contributed by atoms with van der Waals surface area (Å²) in [5.74, 6) is -0.610. The molecule has 0 radical (unpaired) electrons. The van der Waals surface area contributed by atoms with E-state index in [2.05, 4.69) is 10.3 Å². The van der Waals surface area contributed by atoms with Crippen molar-refractivity contribution in [1.82, 2.24) is 4.98 Å². The van der Waals surface area contributed by atoms with Gasteiger partial charge in [0.15, 0.2) is 0 Å². The van der Waals surface area contributed by atoms with Gasteiger partial charge >= 0.3 is 5.97 Å². The van der Waals surface area contributed by atoms with Crippen molar-refractivity contribution in [2.24, 2.45) is 0 Å². The third-order valence-corrected chi connectivity index (χ3v) is 2.05.